The quantitative estimate of drug-likeness (QED) is 0.752. The van der Waals surface area contributed by atoms with Crippen molar-refractivity contribution in [2.75, 3.05) is 16.6 Å². The lowest BCUT2D eigenvalue weighted by atomic mass is 10.2. The SMILES string of the molecule is CCNC(=O)S(=O)(=O)Nc1cncc(C)c1Nc1cccc(Cl)c1. The molecule has 24 heavy (non-hydrogen) atoms. The zero-order chi connectivity index (χ0) is 17.7. The van der Waals surface area contributed by atoms with E-state index in [9.17, 15) is 13.2 Å². The minimum atomic E-state index is -4.22. The lowest BCUT2D eigenvalue weighted by Crippen LogP contribution is -2.33. The molecule has 2 aromatic rings. The van der Waals surface area contributed by atoms with Gasteiger partial charge >= 0.3 is 15.3 Å². The molecule has 3 N–H and O–H groups in total. The van der Waals surface area contributed by atoms with Gasteiger partial charge in [0.1, 0.15) is 0 Å². The summed E-state index contributed by atoms with van der Waals surface area (Å²) in [6, 6.07) is 6.97. The van der Waals surface area contributed by atoms with Crippen LogP contribution >= 0.6 is 11.6 Å². The molecule has 1 aromatic carbocycles. The Hall–Kier alpha value is -2.32. The number of amides is 1. The molecule has 128 valence electrons. The van der Waals surface area contributed by atoms with Crippen molar-refractivity contribution in [3.63, 3.8) is 0 Å². The fourth-order valence-corrected chi connectivity index (χ4v) is 3.01. The van der Waals surface area contributed by atoms with Crippen molar-refractivity contribution >= 4 is 43.9 Å². The number of rotatable bonds is 5. The van der Waals surface area contributed by atoms with Crippen LogP contribution in [0.25, 0.3) is 0 Å². The van der Waals surface area contributed by atoms with Gasteiger partial charge in [-0.05, 0) is 37.6 Å². The van der Waals surface area contributed by atoms with E-state index in [1.807, 2.05) is 0 Å². The molecule has 0 saturated carbocycles. The number of hydrogen-bond acceptors (Lipinski definition) is 5. The third-order valence-corrected chi connectivity index (χ3v) is 4.40. The van der Waals surface area contributed by atoms with Crippen LogP contribution < -0.4 is 15.4 Å². The first-order valence-electron chi connectivity index (χ1n) is 7.11. The summed E-state index contributed by atoms with van der Waals surface area (Å²) in [4.78, 5) is 15.6. The van der Waals surface area contributed by atoms with Gasteiger partial charge in [0, 0.05) is 23.5 Å². The van der Waals surface area contributed by atoms with Crippen molar-refractivity contribution in [3.8, 4) is 0 Å². The van der Waals surface area contributed by atoms with Gasteiger partial charge in [-0.25, -0.2) is 0 Å². The van der Waals surface area contributed by atoms with E-state index in [2.05, 4.69) is 20.3 Å². The molecule has 9 heteroatoms. The van der Waals surface area contributed by atoms with Crippen LogP contribution in [0.4, 0.5) is 21.9 Å². The van der Waals surface area contributed by atoms with E-state index >= 15 is 0 Å². The van der Waals surface area contributed by atoms with Gasteiger partial charge in [0.05, 0.1) is 17.6 Å². The van der Waals surface area contributed by atoms with E-state index in [-0.39, 0.29) is 12.2 Å². The number of hydrogen-bond donors (Lipinski definition) is 3. The molecule has 0 atom stereocenters. The summed E-state index contributed by atoms with van der Waals surface area (Å²) in [7, 11) is -4.22. The zero-order valence-corrected chi connectivity index (χ0v) is 14.7. The third kappa shape index (κ3) is 4.36. The van der Waals surface area contributed by atoms with E-state index in [1.165, 1.54) is 6.20 Å². The molecule has 1 heterocycles. The average Bonchev–Trinajstić information content (AvgIpc) is 2.51. The lowest BCUT2D eigenvalue weighted by Gasteiger charge is -2.15. The van der Waals surface area contributed by atoms with Gasteiger partial charge in [0.25, 0.3) is 0 Å². The molecule has 1 aromatic heterocycles. The van der Waals surface area contributed by atoms with Crippen LogP contribution in [0.5, 0.6) is 0 Å². The molecular weight excluding hydrogens is 352 g/mol. The number of nitrogens with one attached hydrogen (secondary N) is 3. The van der Waals surface area contributed by atoms with Gasteiger partial charge in [-0.1, -0.05) is 17.7 Å². The first-order valence-corrected chi connectivity index (χ1v) is 8.97. The Balaban J connectivity index is 2.35. The maximum absolute atomic E-state index is 12.1. The summed E-state index contributed by atoms with van der Waals surface area (Å²) in [5, 5.41) is 4.78. The Kier molecular flexibility index (Phi) is 5.63. The number of sulfonamides is 1. The minimum Gasteiger partial charge on any atom is -0.353 e. The molecule has 0 saturated heterocycles. The Morgan fingerprint density at radius 3 is 2.71 bits per heavy atom. The number of aryl methyl sites for hydroxylation is 1. The normalized spacial score (nSPS) is 11.0. The van der Waals surface area contributed by atoms with Crippen LogP contribution in [0, 0.1) is 6.92 Å². The van der Waals surface area contributed by atoms with E-state index < -0.39 is 15.3 Å². The molecule has 0 radical (unpaired) electrons. The standard InChI is InChI=1S/C15H17ClN4O3S/c1-3-18-15(21)24(22,23)20-13-9-17-8-10(2)14(13)19-12-6-4-5-11(16)7-12/h4-9,20H,3H2,1-2H3,(H,17,19)(H,18,21). The fraction of sp³-hybridized carbons (Fsp3) is 0.200. The third-order valence-electron chi connectivity index (χ3n) is 3.04. The van der Waals surface area contributed by atoms with Crippen LogP contribution in [0.1, 0.15) is 12.5 Å². The van der Waals surface area contributed by atoms with Crippen molar-refractivity contribution < 1.29 is 13.2 Å². The van der Waals surface area contributed by atoms with Crippen molar-refractivity contribution in [1.82, 2.24) is 10.3 Å². The highest BCUT2D eigenvalue weighted by Crippen LogP contribution is 2.29. The highest BCUT2D eigenvalue weighted by Gasteiger charge is 2.23. The molecular formula is C15H17ClN4O3S. The molecule has 2 rings (SSSR count). The van der Waals surface area contributed by atoms with E-state index in [0.717, 1.165) is 0 Å². The largest absolute Gasteiger partial charge is 0.356 e. The van der Waals surface area contributed by atoms with Gasteiger partial charge in [-0.3, -0.25) is 14.5 Å². The molecule has 0 aliphatic carbocycles. The number of carbonyl (C=O) groups is 1. The molecule has 0 fully saturated rings. The highest BCUT2D eigenvalue weighted by molar-refractivity contribution is 8.07. The zero-order valence-electron chi connectivity index (χ0n) is 13.1. The van der Waals surface area contributed by atoms with Crippen LogP contribution in [0.15, 0.2) is 36.7 Å². The maximum Gasteiger partial charge on any atom is 0.356 e. The predicted octanol–water partition coefficient (Wildman–Crippen LogP) is 3.26. The van der Waals surface area contributed by atoms with Crippen molar-refractivity contribution in [2.45, 2.75) is 13.8 Å². The molecule has 0 spiro atoms. The summed E-state index contributed by atoms with van der Waals surface area (Å²) in [6.45, 7) is 3.61. The maximum atomic E-state index is 12.1. The van der Waals surface area contributed by atoms with Gasteiger partial charge in [0.15, 0.2) is 0 Å². The molecule has 0 bridgehead atoms. The molecule has 7 nitrogen and oxygen atoms in total. The first kappa shape index (κ1) is 18.0. The summed E-state index contributed by atoms with van der Waals surface area (Å²) in [5.74, 6) is 0. The molecule has 0 unspecified atom stereocenters. The van der Waals surface area contributed by atoms with E-state index in [4.69, 9.17) is 11.6 Å². The van der Waals surface area contributed by atoms with Crippen LogP contribution in [-0.4, -0.2) is 25.2 Å². The fourth-order valence-electron chi connectivity index (χ4n) is 1.95. The summed E-state index contributed by atoms with van der Waals surface area (Å²) < 4.78 is 26.4. The number of halogens is 1. The smallest absolute Gasteiger partial charge is 0.353 e. The molecule has 0 aliphatic heterocycles. The average molecular weight is 369 g/mol. The number of anilines is 3. The Morgan fingerprint density at radius 2 is 2.04 bits per heavy atom. The highest BCUT2D eigenvalue weighted by atomic mass is 35.5. The molecule has 0 aliphatic rings. The number of pyridine rings is 1. The van der Waals surface area contributed by atoms with Crippen LogP contribution in [0.3, 0.4) is 0 Å². The van der Waals surface area contributed by atoms with Gasteiger partial charge in [-0.2, -0.15) is 8.42 Å². The monoisotopic (exact) mass is 368 g/mol. The Labute approximate surface area is 145 Å². The van der Waals surface area contributed by atoms with Crippen molar-refractivity contribution in [1.29, 1.82) is 0 Å². The second kappa shape index (κ2) is 7.50. The summed E-state index contributed by atoms with van der Waals surface area (Å²) in [5.41, 5.74) is 2.03. The lowest BCUT2D eigenvalue weighted by molar-refractivity contribution is 0.259. The summed E-state index contributed by atoms with van der Waals surface area (Å²) >= 11 is 5.96. The van der Waals surface area contributed by atoms with Gasteiger partial charge in [-0.15, -0.1) is 0 Å². The second-order valence-corrected chi connectivity index (χ2v) is 6.96. The number of nitrogens with zero attached hydrogens (tertiary/aromatic N) is 1. The van der Waals surface area contributed by atoms with Crippen molar-refractivity contribution in [3.05, 3.63) is 47.2 Å². The minimum absolute atomic E-state index is 0.168. The Bertz CT molecular complexity index is 856. The van der Waals surface area contributed by atoms with Crippen molar-refractivity contribution in [2.24, 2.45) is 0 Å². The second-order valence-electron chi connectivity index (χ2n) is 4.94. The van der Waals surface area contributed by atoms with E-state index in [1.54, 1.807) is 44.3 Å². The summed E-state index contributed by atoms with van der Waals surface area (Å²) in [6.07, 6.45) is 2.91. The number of benzene rings is 1. The van der Waals surface area contributed by atoms with Crippen LogP contribution in [0.2, 0.25) is 5.02 Å². The number of aromatic nitrogens is 1. The van der Waals surface area contributed by atoms with Gasteiger partial charge < -0.3 is 10.6 Å². The predicted molar refractivity (Wildman–Crippen MR) is 95.3 cm³/mol. The topological polar surface area (TPSA) is 100 Å². The van der Waals surface area contributed by atoms with Crippen LogP contribution in [-0.2, 0) is 10.0 Å². The molecule has 1 amide bonds. The first-order chi connectivity index (χ1) is 11.3. The number of carbonyl (C=O) groups excluding carboxylic acids is 1. The Morgan fingerprint density at radius 1 is 1.29 bits per heavy atom. The van der Waals surface area contributed by atoms with E-state index in [0.29, 0.717) is 22.0 Å². The van der Waals surface area contributed by atoms with Gasteiger partial charge in [0.2, 0.25) is 0 Å².